The Kier molecular flexibility index (Phi) is 7.33. The predicted octanol–water partition coefficient (Wildman–Crippen LogP) is 4.36. The van der Waals surface area contributed by atoms with Crippen molar-refractivity contribution >= 4 is 26.6 Å². The van der Waals surface area contributed by atoms with Crippen molar-refractivity contribution in [1.29, 1.82) is 0 Å². The second kappa shape index (κ2) is 10.5. The fourth-order valence-corrected chi connectivity index (χ4v) is 4.28. The van der Waals surface area contributed by atoms with Gasteiger partial charge in [0.2, 0.25) is 10.0 Å². The van der Waals surface area contributed by atoms with Crippen LogP contribution >= 0.6 is 0 Å². The number of pyridine rings is 1. The molecular weight excluding hydrogens is 504 g/mol. The van der Waals surface area contributed by atoms with E-state index >= 15 is 0 Å². The van der Waals surface area contributed by atoms with Crippen molar-refractivity contribution in [3.05, 3.63) is 76.3 Å². The van der Waals surface area contributed by atoms with Crippen LogP contribution in [0.1, 0.15) is 12.6 Å². The second-order valence-corrected chi connectivity index (χ2v) is 10.0. The zero-order valence-corrected chi connectivity index (χ0v) is 21.0. The molecule has 0 spiro atoms. The molecule has 0 aliphatic heterocycles. The number of ether oxygens (including phenoxy) is 2. The highest BCUT2D eigenvalue weighted by Gasteiger charge is 2.20. The third-order valence-corrected chi connectivity index (χ3v) is 6.77. The Bertz CT molecular complexity index is 1700. The van der Waals surface area contributed by atoms with Gasteiger partial charge in [0.25, 0.3) is 5.56 Å². The van der Waals surface area contributed by atoms with Crippen molar-refractivity contribution in [2.75, 3.05) is 24.2 Å². The van der Waals surface area contributed by atoms with Crippen LogP contribution in [-0.4, -0.2) is 37.4 Å². The number of sulfonamides is 1. The van der Waals surface area contributed by atoms with Gasteiger partial charge in [0.1, 0.15) is 17.9 Å². The molecule has 0 aliphatic rings. The van der Waals surface area contributed by atoms with Gasteiger partial charge in [0.05, 0.1) is 11.4 Å². The first-order chi connectivity index (χ1) is 17.6. The van der Waals surface area contributed by atoms with Gasteiger partial charge in [-0.05, 0) is 49.2 Å². The first kappa shape index (κ1) is 25.9. The number of hydrogen-bond acceptors (Lipinski definition) is 5. The maximum atomic E-state index is 14.4. The van der Waals surface area contributed by atoms with Crippen LogP contribution in [0.2, 0.25) is 0 Å². The highest BCUT2D eigenvalue weighted by molar-refractivity contribution is 7.92. The van der Waals surface area contributed by atoms with Crippen LogP contribution in [0, 0.1) is 23.5 Å². The molecule has 0 radical (unpaired) electrons. The number of para-hydroxylation sites is 1. The van der Waals surface area contributed by atoms with Crippen molar-refractivity contribution in [3.63, 3.8) is 0 Å². The molecule has 37 heavy (non-hydrogen) atoms. The van der Waals surface area contributed by atoms with Crippen LogP contribution in [0.4, 0.5) is 14.5 Å². The van der Waals surface area contributed by atoms with Gasteiger partial charge in [-0.2, -0.15) is 0 Å². The molecule has 8 nitrogen and oxygen atoms in total. The number of nitrogens with zero attached hydrogens (tertiary/aromatic N) is 1. The van der Waals surface area contributed by atoms with Crippen molar-refractivity contribution < 1.29 is 26.7 Å². The van der Waals surface area contributed by atoms with Crippen LogP contribution in [-0.2, 0) is 21.8 Å². The number of hydrogen-bond donors (Lipinski definition) is 2. The predicted molar refractivity (Wildman–Crippen MR) is 137 cm³/mol. The third-order valence-electron chi connectivity index (χ3n) is 5.46. The largest absolute Gasteiger partial charge is 0.451 e. The van der Waals surface area contributed by atoms with Crippen LogP contribution in [0.5, 0.6) is 11.5 Å². The monoisotopic (exact) mass is 527 g/mol. The molecule has 2 aromatic heterocycles. The Morgan fingerprint density at radius 1 is 1.11 bits per heavy atom. The van der Waals surface area contributed by atoms with E-state index in [4.69, 9.17) is 9.47 Å². The van der Waals surface area contributed by atoms with Gasteiger partial charge in [0, 0.05) is 42.6 Å². The lowest BCUT2D eigenvalue weighted by Gasteiger charge is -2.16. The zero-order valence-electron chi connectivity index (χ0n) is 20.2. The molecular formula is C26H23F2N3O5S. The van der Waals surface area contributed by atoms with Crippen LogP contribution in [0.25, 0.3) is 22.0 Å². The third kappa shape index (κ3) is 5.50. The molecule has 0 bridgehead atoms. The lowest BCUT2D eigenvalue weighted by molar-refractivity contribution is 0.240. The van der Waals surface area contributed by atoms with E-state index in [1.54, 1.807) is 13.1 Å². The van der Waals surface area contributed by atoms with E-state index in [1.165, 1.54) is 49.1 Å². The highest BCUT2D eigenvalue weighted by Crippen LogP contribution is 2.40. The molecule has 0 saturated carbocycles. The smallest absolute Gasteiger partial charge is 0.274 e. The van der Waals surface area contributed by atoms with Crippen molar-refractivity contribution in [2.24, 2.45) is 7.05 Å². The molecule has 192 valence electrons. The summed E-state index contributed by atoms with van der Waals surface area (Å²) < 4.78 is 67.6. The van der Waals surface area contributed by atoms with Crippen LogP contribution in [0.3, 0.4) is 0 Å². The molecule has 0 aliphatic carbocycles. The molecule has 2 heterocycles. The zero-order chi connectivity index (χ0) is 26.7. The number of aromatic amines is 1. The van der Waals surface area contributed by atoms with Gasteiger partial charge in [-0.15, -0.1) is 0 Å². The van der Waals surface area contributed by atoms with Crippen molar-refractivity contribution in [3.8, 4) is 34.5 Å². The summed E-state index contributed by atoms with van der Waals surface area (Å²) in [6, 6.07) is 9.28. The highest BCUT2D eigenvalue weighted by atomic mass is 32.2. The standard InChI is InChI=1S/C26H23F2N3O5S/c1-4-37(33,34)30-17-10-11-23(36-25-21(27)8-5-9-22(25)28)18(14-17)20-15-31(2)26(32)24-19(20)13-16(29-24)7-6-12-35-3/h5,8-11,13-15,29-30H,4,12H2,1-3H3. The normalized spacial score (nSPS) is 11.3. The SMILES string of the molecule is CCS(=O)(=O)Nc1ccc(Oc2c(F)cccc2F)c(-c2cn(C)c(=O)c3[nH]c(C#CCOC)cc23)c1. The number of aromatic nitrogens is 2. The van der Waals surface area contributed by atoms with E-state index < -0.39 is 27.4 Å². The average molecular weight is 528 g/mol. The number of fused-ring (bicyclic) bond motifs is 1. The lowest BCUT2D eigenvalue weighted by Crippen LogP contribution is -2.17. The maximum absolute atomic E-state index is 14.4. The summed E-state index contributed by atoms with van der Waals surface area (Å²) in [7, 11) is -0.573. The van der Waals surface area contributed by atoms with Gasteiger partial charge >= 0.3 is 0 Å². The summed E-state index contributed by atoms with van der Waals surface area (Å²) in [6.45, 7) is 1.68. The van der Waals surface area contributed by atoms with Crippen LogP contribution in [0.15, 0.2) is 53.5 Å². The Balaban J connectivity index is 1.97. The van der Waals surface area contributed by atoms with Gasteiger partial charge in [-0.25, -0.2) is 17.2 Å². The van der Waals surface area contributed by atoms with Crippen molar-refractivity contribution in [1.82, 2.24) is 9.55 Å². The fourth-order valence-electron chi connectivity index (χ4n) is 3.65. The van der Waals surface area contributed by atoms with Crippen molar-refractivity contribution in [2.45, 2.75) is 6.92 Å². The Morgan fingerprint density at radius 2 is 1.84 bits per heavy atom. The number of anilines is 1. The number of methoxy groups -OCH3 is 1. The summed E-state index contributed by atoms with van der Waals surface area (Å²) in [6.07, 6.45) is 1.53. The summed E-state index contributed by atoms with van der Waals surface area (Å²) >= 11 is 0. The summed E-state index contributed by atoms with van der Waals surface area (Å²) in [5.41, 5.74) is 1.29. The van der Waals surface area contributed by atoms with Crippen LogP contribution < -0.4 is 15.0 Å². The minimum Gasteiger partial charge on any atom is -0.451 e. The average Bonchev–Trinajstić information content (AvgIpc) is 3.29. The topological polar surface area (TPSA) is 102 Å². The molecule has 4 aromatic rings. The molecule has 0 saturated heterocycles. The molecule has 0 unspecified atom stereocenters. The second-order valence-electron chi connectivity index (χ2n) is 8.03. The summed E-state index contributed by atoms with van der Waals surface area (Å²) in [4.78, 5) is 15.8. The number of H-pyrrole nitrogens is 1. The molecule has 11 heteroatoms. The van der Waals surface area contributed by atoms with E-state index in [2.05, 4.69) is 21.5 Å². The molecule has 0 amide bonds. The van der Waals surface area contributed by atoms with Gasteiger partial charge in [0.15, 0.2) is 17.4 Å². The molecule has 0 atom stereocenters. The van der Waals surface area contributed by atoms with E-state index in [9.17, 15) is 22.0 Å². The number of benzene rings is 2. The van der Waals surface area contributed by atoms with Gasteiger partial charge in [-0.3, -0.25) is 9.52 Å². The first-order valence-electron chi connectivity index (χ1n) is 11.1. The molecule has 4 rings (SSSR count). The molecule has 0 fully saturated rings. The van der Waals surface area contributed by atoms with E-state index in [0.29, 0.717) is 16.6 Å². The lowest BCUT2D eigenvalue weighted by atomic mass is 10.0. The molecule has 2 aromatic carbocycles. The quantitative estimate of drug-likeness (QED) is 0.348. The summed E-state index contributed by atoms with van der Waals surface area (Å²) in [5, 5.41) is 0.458. The van der Waals surface area contributed by atoms with E-state index in [0.717, 1.165) is 12.1 Å². The Morgan fingerprint density at radius 3 is 2.51 bits per heavy atom. The van der Waals surface area contributed by atoms with E-state index in [-0.39, 0.29) is 40.4 Å². The van der Waals surface area contributed by atoms with Gasteiger partial charge in [-0.1, -0.05) is 12.0 Å². The first-order valence-corrected chi connectivity index (χ1v) is 12.8. The van der Waals surface area contributed by atoms with E-state index in [1.807, 2.05) is 0 Å². The molecule has 2 N–H and O–H groups in total. The number of halogens is 2. The summed E-state index contributed by atoms with van der Waals surface area (Å²) in [5.74, 6) is 3.12. The number of rotatable bonds is 7. The number of nitrogens with one attached hydrogen (secondary N) is 2. The van der Waals surface area contributed by atoms with Gasteiger partial charge < -0.3 is 19.0 Å². The Hall–Kier alpha value is -4.14. The Labute approximate surface area is 211 Å². The minimum absolute atomic E-state index is 0.0385. The maximum Gasteiger partial charge on any atom is 0.274 e. The number of aryl methyl sites for hydroxylation is 1. The fraction of sp³-hybridized carbons (Fsp3) is 0.192. The minimum atomic E-state index is -3.63.